The fourth-order valence-electron chi connectivity index (χ4n) is 6.68. The molecule has 4 rings (SSSR count). The molecule has 0 bridgehead atoms. The molecule has 0 aliphatic heterocycles. The van der Waals surface area contributed by atoms with Crippen LogP contribution >= 0.6 is 0 Å². The minimum atomic E-state index is 0.0308. The van der Waals surface area contributed by atoms with Crippen LogP contribution in [0.3, 0.4) is 0 Å². The zero-order valence-electron chi connectivity index (χ0n) is 25.0. The minimum absolute atomic E-state index is 0.0308. The van der Waals surface area contributed by atoms with Gasteiger partial charge in [0.25, 0.3) is 11.8 Å². The Labute approximate surface area is 243 Å². The van der Waals surface area contributed by atoms with Crippen LogP contribution in [0.4, 0.5) is 0 Å². The molecular formula is C36H54N2O2. The predicted octanol–water partition coefficient (Wildman–Crippen LogP) is 9.65. The lowest BCUT2D eigenvalue weighted by Gasteiger charge is -2.20. The van der Waals surface area contributed by atoms with Crippen LogP contribution in [0, 0.1) is 0 Å². The fourth-order valence-corrected chi connectivity index (χ4v) is 6.68. The van der Waals surface area contributed by atoms with E-state index in [2.05, 4.69) is 10.6 Å². The van der Waals surface area contributed by atoms with Crippen LogP contribution in [-0.4, -0.2) is 23.9 Å². The Morgan fingerprint density at radius 3 is 1.00 bits per heavy atom. The lowest BCUT2D eigenvalue weighted by Crippen LogP contribution is -2.35. The zero-order valence-corrected chi connectivity index (χ0v) is 25.0. The number of nitrogens with one attached hydrogen (secondary N) is 2. The summed E-state index contributed by atoms with van der Waals surface area (Å²) in [4.78, 5) is 26.4. The van der Waals surface area contributed by atoms with Crippen LogP contribution in [0.1, 0.15) is 162 Å². The van der Waals surface area contributed by atoms with Gasteiger partial charge in [-0.3, -0.25) is 9.59 Å². The first-order valence-electron chi connectivity index (χ1n) is 16.8. The molecule has 2 fully saturated rings. The third-order valence-electron chi connectivity index (χ3n) is 9.25. The van der Waals surface area contributed by atoms with E-state index in [9.17, 15) is 9.59 Å². The Balaban J connectivity index is 1.34. The molecule has 2 aromatic rings. The molecule has 0 spiro atoms. The number of rotatable bonds is 4. The molecule has 2 N–H and O–H groups in total. The Kier molecular flexibility index (Phi) is 13.3. The molecule has 4 heteroatoms. The fraction of sp³-hybridized carbons (Fsp3) is 0.667. The second kappa shape index (κ2) is 17.5. The number of hydrogen-bond acceptors (Lipinski definition) is 2. The van der Waals surface area contributed by atoms with Gasteiger partial charge in [-0.1, -0.05) is 128 Å². The van der Waals surface area contributed by atoms with Gasteiger partial charge in [-0.25, -0.2) is 0 Å². The topological polar surface area (TPSA) is 58.2 Å². The van der Waals surface area contributed by atoms with Gasteiger partial charge in [0.2, 0.25) is 0 Å². The lowest BCUT2D eigenvalue weighted by atomic mass is 9.97. The lowest BCUT2D eigenvalue weighted by molar-refractivity contribution is 0.0922. The molecule has 0 radical (unpaired) electrons. The summed E-state index contributed by atoms with van der Waals surface area (Å²) in [5, 5.41) is 8.71. The zero-order chi connectivity index (χ0) is 27.8. The molecule has 4 nitrogen and oxygen atoms in total. The molecule has 40 heavy (non-hydrogen) atoms. The summed E-state index contributed by atoms with van der Waals surface area (Å²) in [7, 11) is 0. The predicted molar refractivity (Wildman–Crippen MR) is 168 cm³/mol. The first-order valence-corrected chi connectivity index (χ1v) is 16.8. The minimum Gasteiger partial charge on any atom is -0.349 e. The van der Waals surface area contributed by atoms with E-state index in [1.807, 2.05) is 36.4 Å². The van der Waals surface area contributed by atoms with Crippen molar-refractivity contribution in [2.45, 2.75) is 153 Å². The van der Waals surface area contributed by atoms with Crippen LogP contribution in [0.5, 0.6) is 0 Å². The Morgan fingerprint density at radius 2 is 0.700 bits per heavy atom. The third kappa shape index (κ3) is 10.6. The summed E-state index contributed by atoms with van der Waals surface area (Å²) >= 11 is 0. The number of carbonyl (C=O) groups is 2. The summed E-state index contributed by atoms with van der Waals surface area (Å²) in [6.45, 7) is 0. The normalized spacial score (nSPS) is 20.3. The van der Waals surface area contributed by atoms with E-state index in [4.69, 9.17) is 0 Å². The molecular weight excluding hydrogens is 492 g/mol. The molecule has 0 saturated heterocycles. The highest BCUT2D eigenvalue weighted by atomic mass is 16.2. The van der Waals surface area contributed by atoms with Crippen molar-refractivity contribution in [1.82, 2.24) is 10.6 Å². The summed E-state index contributed by atoms with van der Waals surface area (Å²) < 4.78 is 0. The van der Waals surface area contributed by atoms with Gasteiger partial charge in [0.05, 0.1) is 0 Å². The number of hydrogen-bond donors (Lipinski definition) is 2. The van der Waals surface area contributed by atoms with Crippen molar-refractivity contribution in [1.29, 1.82) is 0 Å². The summed E-state index contributed by atoms with van der Waals surface area (Å²) in [5.74, 6) is 0.0617. The van der Waals surface area contributed by atoms with Crippen LogP contribution in [0.25, 0.3) is 10.8 Å². The first kappa shape index (κ1) is 30.6. The van der Waals surface area contributed by atoms with E-state index in [1.165, 1.54) is 116 Å². The van der Waals surface area contributed by atoms with Crippen LogP contribution in [-0.2, 0) is 0 Å². The van der Waals surface area contributed by atoms with E-state index in [0.717, 1.165) is 36.5 Å². The van der Waals surface area contributed by atoms with Gasteiger partial charge in [0.15, 0.2) is 0 Å². The number of benzene rings is 2. The van der Waals surface area contributed by atoms with E-state index >= 15 is 0 Å². The van der Waals surface area contributed by atoms with Gasteiger partial charge >= 0.3 is 0 Å². The van der Waals surface area contributed by atoms with Crippen LogP contribution in [0.2, 0.25) is 0 Å². The Morgan fingerprint density at radius 1 is 0.425 bits per heavy atom. The molecule has 0 aromatic heterocycles. The molecule has 0 atom stereocenters. The summed E-state index contributed by atoms with van der Waals surface area (Å²) in [5.41, 5.74) is 1.42. The molecule has 2 aliphatic rings. The van der Waals surface area contributed by atoms with Crippen molar-refractivity contribution in [3.8, 4) is 0 Å². The van der Waals surface area contributed by atoms with Gasteiger partial charge in [0, 0.05) is 23.2 Å². The maximum Gasteiger partial charge on any atom is 0.251 e. The highest BCUT2D eigenvalue weighted by Gasteiger charge is 2.17. The van der Waals surface area contributed by atoms with Crippen molar-refractivity contribution >= 4 is 22.6 Å². The second-order valence-corrected chi connectivity index (χ2v) is 12.6. The van der Waals surface area contributed by atoms with Crippen LogP contribution in [0.15, 0.2) is 36.4 Å². The van der Waals surface area contributed by atoms with Gasteiger partial charge in [-0.2, -0.15) is 0 Å². The third-order valence-corrected chi connectivity index (χ3v) is 9.25. The monoisotopic (exact) mass is 546 g/mol. The van der Waals surface area contributed by atoms with Crippen molar-refractivity contribution in [3.63, 3.8) is 0 Å². The number of carbonyl (C=O) groups excluding carboxylic acids is 2. The second-order valence-electron chi connectivity index (χ2n) is 12.6. The van der Waals surface area contributed by atoms with Crippen LogP contribution < -0.4 is 10.6 Å². The summed E-state index contributed by atoms with van der Waals surface area (Å²) in [6.07, 6.45) is 27.8. The molecule has 0 heterocycles. The number of amides is 2. The average molecular weight is 547 g/mol. The first-order chi connectivity index (χ1) is 19.7. The Hall–Kier alpha value is -2.36. The van der Waals surface area contributed by atoms with Gasteiger partial charge in [-0.05, 0) is 60.7 Å². The maximum absolute atomic E-state index is 13.2. The smallest absolute Gasteiger partial charge is 0.251 e. The Bertz CT molecular complexity index is 941. The SMILES string of the molecule is O=C(NC1CCCCCCCCCCC1)c1ccc2cc(C(=O)NC3CCCCCCCCCCC3)ccc2c1. The average Bonchev–Trinajstić information content (AvgIpc) is 2.95. The largest absolute Gasteiger partial charge is 0.349 e. The van der Waals surface area contributed by atoms with E-state index in [0.29, 0.717) is 11.1 Å². The molecule has 2 amide bonds. The molecule has 2 aliphatic carbocycles. The van der Waals surface area contributed by atoms with Crippen molar-refractivity contribution in [2.75, 3.05) is 0 Å². The van der Waals surface area contributed by atoms with Gasteiger partial charge < -0.3 is 10.6 Å². The number of fused-ring (bicyclic) bond motifs is 1. The van der Waals surface area contributed by atoms with Gasteiger partial charge in [0.1, 0.15) is 0 Å². The molecule has 0 unspecified atom stereocenters. The van der Waals surface area contributed by atoms with E-state index in [1.54, 1.807) is 0 Å². The summed E-state index contributed by atoms with van der Waals surface area (Å²) in [6, 6.07) is 12.3. The molecule has 2 aromatic carbocycles. The van der Waals surface area contributed by atoms with E-state index in [-0.39, 0.29) is 23.9 Å². The standard InChI is InChI=1S/C36H54N2O2/c39-35(37-33-19-15-11-7-3-1-4-8-12-16-20-33)31-25-23-30-28-32(26-24-29(30)27-31)36(40)38-34-21-17-13-9-5-2-6-10-14-18-22-34/h23-28,33-34H,1-22H2,(H,37,39)(H,38,40). The quantitative estimate of drug-likeness (QED) is 0.401. The van der Waals surface area contributed by atoms with Crippen molar-refractivity contribution in [2.24, 2.45) is 0 Å². The molecule has 2 saturated carbocycles. The molecule has 220 valence electrons. The van der Waals surface area contributed by atoms with Crippen molar-refractivity contribution in [3.05, 3.63) is 47.5 Å². The highest BCUT2D eigenvalue weighted by Crippen LogP contribution is 2.22. The van der Waals surface area contributed by atoms with Gasteiger partial charge in [-0.15, -0.1) is 0 Å². The van der Waals surface area contributed by atoms with E-state index < -0.39 is 0 Å². The van der Waals surface area contributed by atoms with Crippen molar-refractivity contribution < 1.29 is 9.59 Å². The maximum atomic E-state index is 13.2. The highest BCUT2D eigenvalue weighted by molar-refractivity contribution is 6.02.